The van der Waals surface area contributed by atoms with E-state index in [1.807, 2.05) is 65.6 Å². The fourth-order valence-corrected chi connectivity index (χ4v) is 7.92. The Bertz CT molecular complexity index is 1870. The standard InChI is InChI=1S/C40H39ClN2O7/c1-4-48-37(45)33-34(38(46)49-5-2)40(28-19-11-8-12-20-28)25-32(27-18-15-21-29(41)24-27)42(36(44)26-16-9-7-10-17-26)30-22-13-14-23-31(30)43(40)35(33)39(47)50-6-3/h7-24,32-35H,4-6,25H2,1-3H3/t32-,33-,34+,35+,40-/m0/s1. The van der Waals surface area contributed by atoms with Crippen LogP contribution in [-0.2, 0) is 34.1 Å². The maximum Gasteiger partial charge on any atom is 0.329 e. The Labute approximate surface area is 296 Å². The fourth-order valence-electron chi connectivity index (χ4n) is 7.73. The number of benzene rings is 4. The molecule has 2 aliphatic rings. The molecule has 0 aliphatic carbocycles. The second-order valence-corrected chi connectivity index (χ2v) is 12.6. The third kappa shape index (κ3) is 6.00. The van der Waals surface area contributed by atoms with E-state index in [0.717, 1.165) is 0 Å². The molecule has 0 radical (unpaired) electrons. The fraction of sp³-hybridized carbons (Fsp3) is 0.300. The summed E-state index contributed by atoms with van der Waals surface area (Å²) in [6, 6.07) is 30.6. The number of esters is 3. The number of nitrogens with zero attached hydrogens (tertiary/aromatic N) is 2. The van der Waals surface area contributed by atoms with Gasteiger partial charge in [0.05, 0.1) is 42.8 Å². The predicted molar refractivity (Wildman–Crippen MR) is 190 cm³/mol. The highest BCUT2D eigenvalue weighted by molar-refractivity contribution is 6.30. The van der Waals surface area contributed by atoms with Gasteiger partial charge in [0, 0.05) is 17.0 Å². The van der Waals surface area contributed by atoms with Gasteiger partial charge in [0.2, 0.25) is 0 Å². The molecule has 5 atom stereocenters. The summed E-state index contributed by atoms with van der Waals surface area (Å²) in [5.74, 6) is -4.97. The molecule has 9 nitrogen and oxygen atoms in total. The lowest BCUT2D eigenvalue weighted by Crippen LogP contribution is -2.52. The van der Waals surface area contributed by atoms with E-state index in [1.54, 1.807) is 74.2 Å². The van der Waals surface area contributed by atoms with Crippen molar-refractivity contribution in [2.75, 3.05) is 29.6 Å². The molecule has 1 saturated heterocycles. The van der Waals surface area contributed by atoms with Crippen molar-refractivity contribution in [2.45, 2.75) is 44.8 Å². The molecule has 6 rings (SSSR count). The smallest absolute Gasteiger partial charge is 0.329 e. The van der Waals surface area contributed by atoms with Crippen LogP contribution in [0, 0.1) is 11.8 Å². The van der Waals surface area contributed by atoms with Gasteiger partial charge in [-0.3, -0.25) is 19.3 Å². The Morgan fingerprint density at radius 3 is 1.92 bits per heavy atom. The van der Waals surface area contributed by atoms with Crippen LogP contribution in [0.25, 0.3) is 0 Å². The molecule has 0 bridgehead atoms. The predicted octanol–water partition coefficient (Wildman–Crippen LogP) is 7.14. The highest BCUT2D eigenvalue weighted by atomic mass is 35.5. The van der Waals surface area contributed by atoms with Gasteiger partial charge in [0.25, 0.3) is 5.91 Å². The number of para-hydroxylation sites is 2. The third-order valence-corrected chi connectivity index (χ3v) is 9.75. The van der Waals surface area contributed by atoms with Crippen molar-refractivity contribution in [3.8, 4) is 0 Å². The Kier molecular flexibility index (Phi) is 10.2. The minimum absolute atomic E-state index is 0.0276. The monoisotopic (exact) mass is 694 g/mol. The molecule has 0 unspecified atom stereocenters. The number of hydrogen-bond donors (Lipinski definition) is 0. The first-order valence-corrected chi connectivity index (χ1v) is 17.2. The number of carbonyl (C=O) groups is 4. The van der Waals surface area contributed by atoms with Gasteiger partial charge in [-0.25, -0.2) is 4.79 Å². The van der Waals surface area contributed by atoms with Gasteiger partial charge >= 0.3 is 17.9 Å². The van der Waals surface area contributed by atoms with Gasteiger partial charge in [-0.1, -0.05) is 84.4 Å². The summed E-state index contributed by atoms with van der Waals surface area (Å²) in [4.78, 5) is 61.5. The van der Waals surface area contributed by atoms with Crippen LogP contribution in [0.2, 0.25) is 5.02 Å². The molecule has 4 aromatic carbocycles. The lowest BCUT2D eigenvalue weighted by Gasteiger charge is -2.44. The van der Waals surface area contributed by atoms with E-state index in [9.17, 15) is 19.2 Å². The summed E-state index contributed by atoms with van der Waals surface area (Å²) in [6.07, 6.45) is 0.0555. The van der Waals surface area contributed by atoms with E-state index < -0.39 is 47.4 Å². The Balaban J connectivity index is 1.77. The number of rotatable bonds is 9. The summed E-state index contributed by atoms with van der Waals surface area (Å²) in [7, 11) is 0. The molecule has 50 heavy (non-hydrogen) atoms. The van der Waals surface area contributed by atoms with Gasteiger partial charge in [-0.05, 0) is 68.3 Å². The van der Waals surface area contributed by atoms with Crippen molar-refractivity contribution in [3.63, 3.8) is 0 Å². The SMILES string of the molecule is CCOC(=O)[C@@H]1[C@H](C(=O)OCC)N2c3ccccc3N(C(=O)c3ccccc3)[C@H](c3cccc(Cl)c3)C[C@]2(c2ccccc2)[C@H]1C(=O)OCC. The normalized spacial score (nSPS) is 22.5. The van der Waals surface area contributed by atoms with Crippen molar-refractivity contribution in [2.24, 2.45) is 11.8 Å². The van der Waals surface area contributed by atoms with Crippen molar-refractivity contribution >= 4 is 46.8 Å². The molecule has 4 aromatic rings. The molecule has 0 spiro atoms. The van der Waals surface area contributed by atoms with E-state index in [4.69, 9.17) is 25.8 Å². The van der Waals surface area contributed by atoms with Crippen LogP contribution < -0.4 is 9.80 Å². The summed E-state index contributed by atoms with van der Waals surface area (Å²) in [5.41, 5.74) is 1.28. The van der Waals surface area contributed by atoms with Crippen LogP contribution in [0.5, 0.6) is 0 Å². The zero-order valence-corrected chi connectivity index (χ0v) is 28.9. The summed E-state index contributed by atoms with van der Waals surface area (Å²) in [5, 5.41) is 0.458. The highest BCUT2D eigenvalue weighted by Crippen LogP contribution is 2.61. The van der Waals surface area contributed by atoms with Crippen LogP contribution in [0.4, 0.5) is 11.4 Å². The van der Waals surface area contributed by atoms with Gasteiger partial charge in [-0.2, -0.15) is 0 Å². The van der Waals surface area contributed by atoms with Crippen LogP contribution >= 0.6 is 11.6 Å². The van der Waals surface area contributed by atoms with Gasteiger partial charge < -0.3 is 19.1 Å². The van der Waals surface area contributed by atoms with Crippen molar-refractivity contribution in [1.29, 1.82) is 0 Å². The summed E-state index contributed by atoms with van der Waals surface area (Å²) >= 11 is 6.62. The zero-order chi connectivity index (χ0) is 35.4. The van der Waals surface area contributed by atoms with Crippen LogP contribution in [0.1, 0.15) is 54.7 Å². The van der Waals surface area contributed by atoms with E-state index in [0.29, 0.717) is 33.1 Å². The Morgan fingerprint density at radius 2 is 1.28 bits per heavy atom. The molecule has 10 heteroatoms. The molecule has 1 fully saturated rings. The molecule has 0 saturated carbocycles. The first-order chi connectivity index (χ1) is 24.3. The number of ether oxygens (including phenoxy) is 3. The zero-order valence-electron chi connectivity index (χ0n) is 28.2. The number of amides is 1. The molecule has 258 valence electrons. The lowest BCUT2D eigenvalue weighted by molar-refractivity contribution is -0.163. The minimum Gasteiger partial charge on any atom is -0.466 e. The third-order valence-electron chi connectivity index (χ3n) is 9.51. The minimum atomic E-state index is -1.45. The van der Waals surface area contributed by atoms with Crippen LogP contribution in [-0.4, -0.2) is 49.7 Å². The van der Waals surface area contributed by atoms with E-state index >= 15 is 0 Å². The number of halogens is 1. The largest absolute Gasteiger partial charge is 0.466 e. The van der Waals surface area contributed by atoms with Crippen molar-refractivity contribution in [3.05, 3.63) is 131 Å². The Hall–Kier alpha value is -5.15. The summed E-state index contributed by atoms with van der Waals surface area (Å²) < 4.78 is 17.1. The molecule has 1 amide bonds. The summed E-state index contributed by atoms with van der Waals surface area (Å²) in [6.45, 7) is 5.15. The van der Waals surface area contributed by atoms with Crippen molar-refractivity contribution < 1.29 is 33.4 Å². The number of anilines is 2. The Morgan fingerprint density at radius 1 is 0.700 bits per heavy atom. The number of fused-ring (bicyclic) bond motifs is 3. The number of hydrogen-bond acceptors (Lipinski definition) is 8. The first kappa shape index (κ1) is 34.7. The molecule has 0 aromatic heterocycles. The maximum absolute atomic E-state index is 14.9. The average molecular weight is 695 g/mol. The molecule has 2 heterocycles. The average Bonchev–Trinajstić information content (AvgIpc) is 3.37. The van der Waals surface area contributed by atoms with Crippen LogP contribution in [0.3, 0.4) is 0 Å². The molecular formula is C40H39ClN2O7. The number of carbonyl (C=O) groups excluding carboxylic acids is 4. The topological polar surface area (TPSA) is 102 Å². The highest BCUT2D eigenvalue weighted by Gasteiger charge is 2.69. The maximum atomic E-state index is 14.9. The van der Waals surface area contributed by atoms with Gasteiger partial charge in [-0.15, -0.1) is 0 Å². The van der Waals surface area contributed by atoms with Gasteiger partial charge in [0.15, 0.2) is 0 Å². The molecular weight excluding hydrogens is 656 g/mol. The second kappa shape index (κ2) is 14.8. The van der Waals surface area contributed by atoms with Crippen LogP contribution in [0.15, 0.2) is 109 Å². The molecule has 2 aliphatic heterocycles. The van der Waals surface area contributed by atoms with E-state index in [2.05, 4.69) is 0 Å². The van der Waals surface area contributed by atoms with Crippen molar-refractivity contribution in [1.82, 2.24) is 0 Å². The first-order valence-electron chi connectivity index (χ1n) is 16.9. The quantitative estimate of drug-likeness (QED) is 0.135. The van der Waals surface area contributed by atoms with E-state index in [1.165, 1.54) is 0 Å². The second-order valence-electron chi connectivity index (χ2n) is 12.2. The molecule has 0 N–H and O–H groups in total. The van der Waals surface area contributed by atoms with Gasteiger partial charge in [0.1, 0.15) is 17.9 Å². The lowest BCUT2D eigenvalue weighted by atomic mass is 9.70. The van der Waals surface area contributed by atoms with E-state index in [-0.39, 0.29) is 32.1 Å².